The minimum Gasteiger partial charge on any atom is -0.479 e. The number of ether oxygens (including phenoxy) is 3. The topological polar surface area (TPSA) is 156 Å². The van der Waals surface area contributed by atoms with E-state index in [0.717, 1.165) is 6.42 Å². The first-order valence-corrected chi connectivity index (χ1v) is 12.7. The van der Waals surface area contributed by atoms with Crippen molar-refractivity contribution < 1.29 is 22.6 Å². The third kappa shape index (κ3) is 4.99. The highest BCUT2D eigenvalue weighted by molar-refractivity contribution is 7.93. The molecule has 0 aliphatic carbocycles. The normalized spacial score (nSPS) is 17.7. The van der Waals surface area contributed by atoms with Crippen molar-refractivity contribution in [1.29, 1.82) is 0 Å². The summed E-state index contributed by atoms with van der Waals surface area (Å²) in [7, 11) is -1.14. The highest BCUT2D eigenvalue weighted by Gasteiger charge is 2.34. The largest absolute Gasteiger partial charge is 0.479 e. The summed E-state index contributed by atoms with van der Waals surface area (Å²) in [6.45, 7) is 3.82. The van der Waals surface area contributed by atoms with Crippen LogP contribution < -0.4 is 14.2 Å². The van der Waals surface area contributed by atoms with Gasteiger partial charge in [-0.25, -0.2) is 18.4 Å². The number of nitrogens with one attached hydrogen (secondary N) is 1. The van der Waals surface area contributed by atoms with Crippen molar-refractivity contribution in [3.63, 3.8) is 0 Å². The third-order valence-corrected chi connectivity index (χ3v) is 7.80. The molecule has 4 heterocycles. The van der Waals surface area contributed by atoms with Crippen LogP contribution in [0.5, 0.6) is 11.8 Å². The lowest BCUT2D eigenvalue weighted by atomic mass is 10.1. The molecule has 35 heavy (non-hydrogen) atoms. The highest BCUT2D eigenvalue weighted by Crippen LogP contribution is 2.37. The van der Waals surface area contributed by atoms with Crippen molar-refractivity contribution in [2.24, 2.45) is 0 Å². The van der Waals surface area contributed by atoms with Gasteiger partial charge in [0.25, 0.3) is 0 Å². The maximum atomic E-state index is 13.4. The van der Waals surface area contributed by atoms with Gasteiger partial charge in [0.05, 0.1) is 24.5 Å². The van der Waals surface area contributed by atoms with E-state index >= 15 is 0 Å². The van der Waals surface area contributed by atoms with E-state index in [1.54, 1.807) is 13.8 Å². The quantitative estimate of drug-likeness (QED) is 0.438. The second-order valence-electron chi connectivity index (χ2n) is 7.86. The third-order valence-electron chi connectivity index (χ3n) is 5.75. The van der Waals surface area contributed by atoms with Gasteiger partial charge < -0.3 is 14.2 Å². The zero-order valence-electron chi connectivity index (χ0n) is 19.5. The van der Waals surface area contributed by atoms with Crippen LogP contribution in [-0.4, -0.2) is 69.2 Å². The zero-order valence-corrected chi connectivity index (χ0v) is 21.1. The molecule has 3 aromatic rings. The lowest BCUT2D eigenvalue weighted by Crippen LogP contribution is -2.31. The Bertz CT molecular complexity index is 1260. The van der Waals surface area contributed by atoms with Crippen LogP contribution in [0.4, 0.5) is 5.95 Å². The van der Waals surface area contributed by atoms with Crippen LogP contribution in [0.25, 0.3) is 5.69 Å². The summed E-state index contributed by atoms with van der Waals surface area (Å²) in [5, 5.41) is 7.79. The predicted molar refractivity (Wildman–Crippen MR) is 125 cm³/mol. The van der Waals surface area contributed by atoms with E-state index < -0.39 is 27.3 Å². The molecule has 4 rings (SSSR count). The average molecular weight is 525 g/mol. The number of anilines is 1. The SMILES string of the molecule is COc1ncnc(OC)c1-n1c(NS(=O)(=O)[C@@H](C)[C@H](C)c2ncc(Cl)cn2)nnc1[C@H]1CCCO1. The van der Waals surface area contributed by atoms with E-state index in [0.29, 0.717) is 29.7 Å². The molecule has 0 amide bonds. The van der Waals surface area contributed by atoms with Gasteiger partial charge in [-0.2, -0.15) is 9.97 Å². The van der Waals surface area contributed by atoms with Crippen molar-refractivity contribution in [1.82, 2.24) is 34.7 Å². The first-order chi connectivity index (χ1) is 16.8. The van der Waals surface area contributed by atoms with Crippen molar-refractivity contribution in [3.8, 4) is 17.4 Å². The molecule has 0 saturated carbocycles. The lowest BCUT2D eigenvalue weighted by molar-refractivity contribution is 0.103. The molecule has 1 N–H and O–H groups in total. The molecule has 0 aromatic carbocycles. The number of aromatic nitrogens is 7. The Hall–Kier alpha value is -3.10. The van der Waals surface area contributed by atoms with Crippen LogP contribution in [0.15, 0.2) is 18.7 Å². The summed E-state index contributed by atoms with van der Waals surface area (Å²) in [5.74, 6) is 0.363. The van der Waals surface area contributed by atoms with E-state index in [9.17, 15) is 8.42 Å². The second-order valence-corrected chi connectivity index (χ2v) is 10.3. The van der Waals surface area contributed by atoms with Gasteiger partial charge in [0, 0.05) is 24.9 Å². The predicted octanol–water partition coefficient (Wildman–Crippen LogP) is 2.30. The molecule has 1 aliphatic heterocycles. The number of sulfonamides is 1. The fourth-order valence-corrected chi connectivity index (χ4v) is 5.00. The van der Waals surface area contributed by atoms with E-state index in [2.05, 4.69) is 34.9 Å². The molecule has 0 spiro atoms. The standard InChI is InChI=1S/C20H25ClN8O5S/c1-11(16-22-8-13(21)9-23-16)12(2)35(30,31)28-20-27-26-17(14-6-5-7-34-14)29(20)15-18(32-3)24-10-25-19(15)33-4/h8-12,14H,5-7H2,1-4H3,(H,27,28)/t11-,12-,14+/m0/s1. The minimum atomic E-state index is -4.00. The molecule has 0 unspecified atom stereocenters. The molecule has 3 atom stereocenters. The molecule has 0 radical (unpaired) electrons. The molecule has 1 aliphatic rings. The van der Waals surface area contributed by atoms with Gasteiger partial charge in [0.1, 0.15) is 18.3 Å². The molecular weight excluding hydrogens is 500 g/mol. The van der Waals surface area contributed by atoms with Crippen molar-refractivity contribution in [3.05, 3.63) is 35.4 Å². The number of rotatable bonds is 9. The van der Waals surface area contributed by atoms with Gasteiger partial charge in [0.2, 0.25) is 27.7 Å². The first kappa shape index (κ1) is 25.0. The van der Waals surface area contributed by atoms with Crippen LogP contribution in [0.3, 0.4) is 0 Å². The molecule has 15 heteroatoms. The summed E-state index contributed by atoms with van der Waals surface area (Å²) >= 11 is 5.86. The molecule has 3 aromatic heterocycles. The molecule has 13 nitrogen and oxygen atoms in total. The number of nitrogens with zero attached hydrogens (tertiary/aromatic N) is 7. The van der Waals surface area contributed by atoms with Crippen LogP contribution in [0.2, 0.25) is 5.02 Å². The van der Waals surface area contributed by atoms with Gasteiger partial charge in [-0.15, -0.1) is 10.2 Å². The van der Waals surface area contributed by atoms with Gasteiger partial charge in [-0.1, -0.05) is 18.5 Å². The van der Waals surface area contributed by atoms with Crippen LogP contribution in [0.1, 0.15) is 50.4 Å². The van der Waals surface area contributed by atoms with Gasteiger partial charge in [-0.05, 0) is 19.8 Å². The average Bonchev–Trinajstić information content (AvgIpc) is 3.52. The minimum absolute atomic E-state index is 0.0852. The molecule has 0 bridgehead atoms. The Morgan fingerprint density at radius 3 is 2.34 bits per heavy atom. The number of hydrogen-bond acceptors (Lipinski definition) is 11. The number of halogens is 1. The summed E-state index contributed by atoms with van der Waals surface area (Å²) < 4.78 is 47.4. The van der Waals surface area contributed by atoms with E-state index in [-0.39, 0.29) is 23.4 Å². The van der Waals surface area contributed by atoms with Gasteiger partial charge in [-0.3, -0.25) is 9.29 Å². The number of hydrogen-bond donors (Lipinski definition) is 1. The van der Waals surface area contributed by atoms with Gasteiger partial charge >= 0.3 is 0 Å². The fraction of sp³-hybridized carbons (Fsp3) is 0.500. The smallest absolute Gasteiger partial charge is 0.245 e. The van der Waals surface area contributed by atoms with Crippen LogP contribution >= 0.6 is 11.6 Å². The molecule has 1 saturated heterocycles. The molecular formula is C20H25ClN8O5S. The summed E-state index contributed by atoms with van der Waals surface area (Å²) in [6, 6.07) is 0. The Balaban J connectivity index is 1.76. The van der Waals surface area contributed by atoms with Crippen LogP contribution in [0, 0.1) is 0 Å². The fourth-order valence-electron chi connectivity index (χ4n) is 3.67. The monoisotopic (exact) mass is 524 g/mol. The summed E-state index contributed by atoms with van der Waals surface area (Å²) in [6.07, 6.45) is 5.22. The molecule has 1 fully saturated rings. The zero-order chi connectivity index (χ0) is 25.2. The van der Waals surface area contributed by atoms with Crippen molar-refractivity contribution in [2.45, 2.75) is 44.0 Å². The maximum Gasteiger partial charge on any atom is 0.245 e. The van der Waals surface area contributed by atoms with Crippen LogP contribution in [-0.2, 0) is 14.8 Å². The highest BCUT2D eigenvalue weighted by atomic mass is 35.5. The Morgan fingerprint density at radius 1 is 1.11 bits per heavy atom. The van der Waals surface area contributed by atoms with Crippen molar-refractivity contribution >= 4 is 27.6 Å². The number of methoxy groups -OCH3 is 2. The summed E-state index contributed by atoms with van der Waals surface area (Å²) in [5.41, 5.74) is 0.243. The molecule has 188 valence electrons. The van der Waals surface area contributed by atoms with E-state index in [1.165, 1.54) is 37.5 Å². The Morgan fingerprint density at radius 2 is 1.77 bits per heavy atom. The van der Waals surface area contributed by atoms with E-state index in [4.69, 9.17) is 25.8 Å². The maximum absolute atomic E-state index is 13.4. The summed E-state index contributed by atoms with van der Waals surface area (Å²) in [4.78, 5) is 16.6. The van der Waals surface area contributed by atoms with Gasteiger partial charge in [0.15, 0.2) is 11.5 Å². The van der Waals surface area contributed by atoms with Crippen molar-refractivity contribution in [2.75, 3.05) is 25.5 Å². The first-order valence-electron chi connectivity index (χ1n) is 10.8. The lowest BCUT2D eigenvalue weighted by Gasteiger charge is -2.21. The Labute approximate surface area is 207 Å². The van der Waals surface area contributed by atoms with E-state index in [1.807, 2.05) is 0 Å². The second kappa shape index (κ2) is 10.3. The Kier molecular flexibility index (Phi) is 7.33.